The van der Waals surface area contributed by atoms with E-state index in [0.29, 0.717) is 11.8 Å². The summed E-state index contributed by atoms with van der Waals surface area (Å²) in [7, 11) is 0. The van der Waals surface area contributed by atoms with E-state index in [1.807, 2.05) is 0 Å². The molecule has 0 spiro atoms. The third kappa shape index (κ3) is 2.82. The Morgan fingerprint density at radius 1 is 1.16 bits per heavy atom. The molecule has 3 heteroatoms. The predicted molar refractivity (Wildman–Crippen MR) is 80.0 cm³/mol. The minimum atomic E-state index is 0.658. The molecule has 3 rings (SSSR count). The van der Waals surface area contributed by atoms with Gasteiger partial charge in [-0.15, -0.1) is 0 Å². The molecule has 1 aromatic carbocycles. The zero-order chi connectivity index (χ0) is 13.2. The molecule has 0 saturated carbocycles. The van der Waals surface area contributed by atoms with Crippen LogP contribution in [0.15, 0.2) is 40.4 Å². The molecule has 2 nitrogen and oxygen atoms in total. The Balaban J connectivity index is 1.65. The molecule has 0 aromatic heterocycles. The maximum absolute atomic E-state index is 11.0. The standard InChI is InChI=1S/C16H18BrNO/c17-16-7-14-10-18(8-12-4-2-1-3-5-12)9-13(14)6-15(16)11-19/h1-5,11,13-14H,6-10H2. The lowest BCUT2D eigenvalue weighted by Gasteiger charge is -2.24. The number of nitrogens with zero attached hydrogens (tertiary/aromatic N) is 1. The summed E-state index contributed by atoms with van der Waals surface area (Å²) in [5.74, 6) is 1.37. The lowest BCUT2D eigenvalue weighted by atomic mass is 9.82. The van der Waals surface area contributed by atoms with Gasteiger partial charge in [0.15, 0.2) is 0 Å². The van der Waals surface area contributed by atoms with Crippen LogP contribution in [0.2, 0.25) is 0 Å². The molecule has 1 aliphatic carbocycles. The highest BCUT2D eigenvalue weighted by molar-refractivity contribution is 9.11. The largest absolute Gasteiger partial charge is 0.298 e. The molecular formula is C16H18BrNO. The molecule has 0 N–H and O–H groups in total. The number of hydrogen-bond donors (Lipinski definition) is 0. The van der Waals surface area contributed by atoms with Gasteiger partial charge in [0.25, 0.3) is 0 Å². The van der Waals surface area contributed by atoms with E-state index in [4.69, 9.17) is 0 Å². The summed E-state index contributed by atoms with van der Waals surface area (Å²) in [5, 5.41) is 0. The van der Waals surface area contributed by atoms with E-state index in [9.17, 15) is 4.79 Å². The summed E-state index contributed by atoms with van der Waals surface area (Å²) >= 11 is 3.57. The first-order chi connectivity index (χ1) is 9.26. The Labute approximate surface area is 122 Å². The second-order valence-electron chi connectivity index (χ2n) is 5.66. The van der Waals surface area contributed by atoms with Crippen molar-refractivity contribution in [3.63, 3.8) is 0 Å². The number of rotatable bonds is 3. The summed E-state index contributed by atoms with van der Waals surface area (Å²) in [5.41, 5.74) is 2.35. The molecule has 1 aliphatic heterocycles. The topological polar surface area (TPSA) is 20.3 Å². The van der Waals surface area contributed by atoms with Crippen LogP contribution in [0.4, 0.5) is 0 Å². The Bertz CT molecular complexity index is 497. The minimum absolute atomic E-state index is 0.658. The Morgan fingerprint density at radius 2 is 1.84 bits per heavy atom. The van der Waals surface area contributed by atoms with E-state index in [2.05, 4.69) is 51.2 Å². The van der Waals surface area contributed by atoms with Crippen molar-refractivity contribution in [1.82, 2.24) is 4.90 Å². The summed E-state index contributed by atoms with van der Waals surface area (Å²) in [6, 6.07) is 10.6. The predicted octanol–water partition coefficient (Wildman–Crippen LogP) is 3.38. The van der Waals surface area contributed by atoms with Crippen LogP contribution >= 0.6 is 15.9 Å². The number of carbonyl (C=O) groups is 1. The minimum Gasteiger partial charge on any atom is -0.298 e. The number of allylic oxidation sites excluding steroid dienone is 2. The van der Waals surface area contributed by atoms with Gasteiger partial charge in [-0.25, -0.2) is 0 Å². The average molecular weight is 320 g/mol. The van der Waals surface area contributed by atoms with E-state index in [1.165, 1.54) is 5.56 Å². The van der Waals surface area contributed by atoms with Crippen LogP contribution in [0.25, 0.3) is 0 Å². The van der Waals surface area contributed by atoms with Crippen LogP contribution in [-0.2, 0) is 11.3 Å². The second-order valence-corrected chi connectivity index (χ2v) is 6.61. The van der Waals surface area contributed by atoms with Gasteiger partial charge in [0, 0.05) is 29.7 Å². The van der Waals surface area contributed by atoms with Crippen molar-refractivity contribution in [3.8, 4) is 0 Å². The molecular weight excluding hydrogens is 302 g/mol. The summed E-state index contributed by atoms with van der Waals surface area (Å²) in [4.78, 5) is 13.6. The van der Waals surface area contributed by atoms with Crippen LogP contribution in [0.5, 0.6) is 0 Å². The maximum Gasteiger partial charge on any atom is 0.146 e. The van der Waals surface area contributed by atoms with E-state index in [-0.39, 0.29) is 0 Å². The molecule has 19 heavy (non-hydrogen) atoms. The third-order valence-electron chi connectivity index (χ3n) is 4.32. The first kappa shape index (κ1) is 13.1. The molecule has 1 fully saturated rings. The van der Waals surface area contributed by atoms with Gasteiger partial charge in [-0.2, -0.15) is 0 Å². The molecule has 0 amide bonds. The van der Waals surface area contributed by atoms with Crippen molar-refractivity contribution < 1.29 is 4.79 Å². The summed E-state index contributed by atoms with van der Waals surface area (Å²) in [6.45, 7) is 3.31. The molecule has 2 aliphatic rings. The van der Waals surface area contributed by atoms with Crippen molar-refractivity contribution >= 4 is 22.2 Å². The lowest BCUT2D eigenvalue weighted by molar-refractivity contribution is -0.105. The molecule has 0 bridgehead atoms. The smallest absolute Gasteiger partial charge is 0.146 e. The third-order valence-corrected chi connectivity index (χ3v) is 5.15. The van der Waals surface area contributed by atoms with E-state index >= 15 is 0 Å². The van der Waals surface area contributed by atoms with Gasteiger partial charge in [0.2, 0.25) is 0 Å². The van der Waals surface area contributed by atoms with Crippen LogP contribution in [0.1, 0.15) is 18.4 Å². The quantitative estimate of drug-likeness (QED) is 0.796. The number of likely N-dealkylation sites (tertiary alicyclic amines) is 1. The number of benzene rings is 1. The van der Waals surface area contributed by atoms with Crippen LogP contribution in [0.3, 0.4) is 0 Å². The number of carbonyl (C=O) groups excluding carboxylic acids is 1. The van der Waals surface area contributed by atoms with Gasteiger partial charge in [-0.3, -0.25) is 9.69 Å². The highest BCUT2D eigenvalue weighted by atomic mass is 79.9. The van der Waals surface area contributed by atoms with Crippen LogP contribution < -0.4 is 0 Å². The molecule has 1 saturated heterocycles. The Morgan fingerprint density at radius 3 is 2.53 bits per heavy atom. The van der Waals surface area contributed by atoms with Gasteiger partial charge in [0.05, 0.1) is 0 Å². The summed E-state index contributed by atoms with van der Waals surface area (Å²) < 4.78 is 1.13. The molecule has 2 atom stereocenters. The second kappa shape index (κ2) is 5.59. The van der Waals surface area contributed by atoms with Crippen LogP contribution in [-0.4, -0.2) is 24.3 Å². The fraction of sp³-hybridized carbons (Fsp3) is 0.438. The Kier molecular flexibility index (Phi) is 3.85. The van der Waals surface area contributed by atoms with Crippen molar-refractivity contribution in [2.75, 3.05) is 13.1 Å². The number of hydrogen-bond acceptors (Lipinski definition) is 2. The summed E-state index contributed by atoms with van der Waals surface area (Å²) in [6.07, 6.45) is 3.00. The maximum atomic E-state index is 11.0. The van der Waals surface area contributed by atoms with Crippen molar-refractivity contribution in [2.24, 2.45) is 11.8 Å². The number of fused-ring (bicyclic) bond motifs is 1. The van der Waals surface area contributed by atoms with Gasteiger partial charge in [-0.1, -0.05) is 46.3 Å². The molecule has 100 valence electrons. The molecule has 0 radical (unpaired) electrons. The number of halogens is 1. The van der Waals surface area contributed by atoms with Gasteiger partial charge in [0.1, 0.15) is 6.29 Å². The van der Waals surface area contributed by atoms with Crippen LogP contribution in [0, 0.1) is 11.8 Å². The fourth-order valence-electron chi connectivity index (χ4n) is 3.34. The highest BCUT2D eigenvalue weighted by Gasteiger charge is 2.36. The van der Waals surface area contributed by atoms with Crippen molar-refractivity contribution in [3.05, 3.63) is 46.0 Å². The van der Waals surface area contributed by atoms with Crippen molar-refractivity contribution in [1.29, 1.82) is 0 Å². The molecule has 1 heterocycles. The monoisotopic (exact) mass is 319 g/mol. The first-order valence-corrected chi connectivity index (χ1v) is 7.64. The lowest BCUT2D eigenvalue weighted by Crippen LogP contribution is -2.20. The van der Waals surface area contributed by atoms with E-state index in [0.717, 1.165) is 48.8 Å². The normalized spacial score (nSPS) is 27.4. The Hall–Kier alpha value is -0.930. The van der Waals surface area contributed by atoms with E-state index in [1.54, 1.807) is 0 Å². The number of aldehydes is 1. The fourth-order valence-corrected chi connectivity index (χ4v) is 4.01. The molecule has 2 unspecified atom stereocenters. The van der Waals surface area contributed by atoms with Crippen molar-refractivity contribution in [2.45, 2.75) is 19.4 Å². The first-order valence-electron chi connectivity index (χ1n) is 6.85. The zero-order valence-corrected chi connectivity index (χ0v) is 12.5. The van der Waals surface area contributed by atoms with Gasteiger partial charge >= 0.3 is 0 Å². The van der Waals surface area contributed by atoms with Gasteiger partial charge < -0.3 is 0 Å². The SMILES string of the molecule is O=CC1=C(Br)CC2CN(Cc3ccccc3)CC2C1. The average Bonchev–Trinajstić information content (AvgIpc) is 2.80. The zero-order valence-electron chi connectivity index (χ0n) is 10.9. The molecule has 1 aromatic rings. The van der Waals surface area contributed by atoms with E-state index < -0.39 is 0 Å². The van der Waals surface area contributed by atoms with Gasteiger partial charge in [-0.05, 0) is 30.2 Å². The highest BCUT2D eigenvalue weighted by Crippen LogP contribution is 2.40.